The van der Waals surface area contributed by atoms with Crippen molar-refractivity contribution in [2.75, 3.05) is 6.54 Å². The number of hydrogen-bond donors (Lipinski definition) is 0. The first-order valence-corrected chi connectivity index (χ1v) is 6.31. The van der Waals surface area contributed by atoms with Gasteiger partial charge in [0, 0.05) is 18.5 Å². The van der Waals surface area contributed by atoms with Crippen molar-refractivity contribution in [3.05, 3.63) is 0 Å². The Morgan fingerprint density at radius 3 is 2.00 bits per heavy atom. The van der Waals surface area contributed by atoms with Gasteiger partial charge in [0.2, 0.25) is 0 Å². The summed E-state index contributed by atoms with van der Waals surface area (Å²) in [6.07, 6.45) is 4.92. The van der Waals surface area contributed by atoms with Crippen LogP contribution in [-0.4, -0.2) is 23.5 Å². The lowest BCUT2D eigenvalue weighted by Gasteiger charge is -2.28. The fraction of sp³-hybridized carbons (Fsp3) is 0.857. The summed E-state index contributed by atoms with van der Waals surface area (Å²) in [6.45, 7) is 12.1. The minimum atomic E-state index is 0.593. The van der Waals surface area contributed by atoms with Crippen LogP contribution in [0.15, 0.2) is 0 Å². The molecule has 0 N–H and O–H groups in total. The van der Waals surface area contributed by atoms with Gasteiger partial charge in [0.05, 0.1) is 6.54 Å². The van der Waals surface area contributed by atoms with Crippen molar-refractivity contribution in [2.45, 2.75) is 72.4 Å². The summed E-state index contributed by atoms with van der Waals surface area (Å²) in [4.78, 5) is 2.42. The van der Waals surface area contributed by atoms with Crippen molar-refractivity contribution in [3.8, 4) is 11.8 Å². The molecular weight excluding hydrogens is 182 g/mol. The summed E-state index contributed by atoms with van der Waals surface area (Å²) in [7, 11) is 0. The normalized spacial score (nSPS) is 10.9. The molecule has 0 spiro atoms. The van der Waals surface area contributed by atoms with Crippen LogP contribution >= 0.6 is 0 Å². The predicted molar refractivity (Wildman–Crippen MR) is 68.9 cm³/mol. The zero-order chi connectivity index (χ0) is 11.7. The average molecular weight is 209 g/mol. The van der Waals surface area contributed by atoms with E-state index in [0.29, 0.717) is 12.1 Å². The minimum Gasteiger partial charge on any atom is -0.287 e. The quantitative estimate of drug-likeness (QED) is 0.476. The van der Waals surface area contributed by atoms with Crippen molar-refractivity contribution >= 4 is 0 Å². The highest BCUT2D eigenvalue weighted by Crippen LogP contribution is 2.03. The van der Waals surface area contributed by atoms with Gasteiger partial charge in [-0.1, -0.05) is 25.7 Å². The van der Waals surface area contributed by atoms with Crippen molar-refractivity contribution in [3.63, 3.8) is 0 Å². The third-order valence-electron chi connectivity index (χ3n) is 2.62. The van der Waals surface area contributed by atoms with Gasteiger partial charge >= 0.3 is 0 Å². The van der Waals surface area contributed by atoms with Gasteiger partial charge < -0.3 is 0 Å². The molecule has 0 fully saturated rings. The second-order valence-electron chi connectivity index (χ2n) is 4.67. The fourth-order valence-corrected chi connectivity index (χ4v) is 1.66. The SMILES string of the molecule is CCCCCC#CCN(C(C)C)C(C)C. The summed E-state index contributed by atoms with van der Waals surface area (Å²) in [6, 6.07) is 1.19. The van der Waals surface area contributed by atoms with Crippen LogP contribution in [0.5, 0.6) is 0 Å². The van der Waals surface area contributed by atoms with Gasteiger partial charge in [0.15, 0.2) is 0 Å². The zero-order valence-electron chi connectivity index (χ0n) is 11.1. The Morgan fingerprint density at radius 2 is 1.53 bits per heavy atom. The summed E-state index contributed by atoms with van der Waals surface area (Å²) in [5.74, 6) is 6.55. The minimum absolute atomic E-state index is 0.593. The third-order valence-corrected chi connectivity index (χ3v) is 2.62. The topological polar surface area (TPSA) is 3.24 Å². The van der Waals surface area contributed by atoms with Gasteiger partial charge in [0.1, 0.15) is 0 Å². The van der Waals surface area contributed by atoms with E-state index in [1.165, 1.54) is 19.3 Å². The lowest BCUT2D eigenvalue weighted by atomic mass is 10.2. The lowest BCUT2D eigenvalue weighted by molar-refractivity contribution is 0.200. The molecule has 0 rings (SSSR count). The molecule has 0 atom stereocenters. The monoisotopic (exact) mass is 209 g/mol. The van der Waals surface area contributed by atoms with E-state index in [0.717, 1.165) is 13.0 Å². The van der Waals surface area contributed by atoms with E-state index in [4.69, 9.17) is 0 Å². The molecule has 0 unspecified atom stereocenters. The van der Waals surface area contributed by atoms with Crippen LogP contribution in [-0.2, 0) is 0 Å². The molecule has 0 aromatic heterocycles. The molecule has 1 nitrogen and oxygen atoms in total. The van der Waals surface area contributed by atoms with Crippen LogP contribution in [0.25, 0.3) is 0 Å². The molecule has 0 heterocycles. The maximum Gasteiger partial charge on any atom is 0.0606 e. The molecule has 0 aliphatic rings. The Hall–Kier alpha value is -0.480. The van der Waals surface area contributed by atoms with Crippen molar-refractivity contribution in [2.24, 2.45) is 0 Å². The molecular formula is C14H27N. The number of unbranched alkanes of at least 4 members (excludes halogenated alkanes) is 3. The predicted octanol–water partition coefficient (Wildman–Crippen LogP) is 3.69. The Bertz CT molecular complexity index is 187. The lowest BCUT2D eigenvalue weighted by Crippen LogP contribution is -2.37. The van der Waals surface area contributed by atoms with Crippen LogP contribution in [0.4, 0.5) is 0 Å². The van der Waals surface area contributed by atoms with Crippen LogP contribution in [0, 0.1) is 11.8 Å². The first-order valence-electron chi connectivity index (χ1n) is 6.31. The first-order chi connectivity index (χ1) is 7.09. The zero-order valence-corrected chi connectivity index (χ0v) is 11.1. The Balaban J connectivity index is 3.78. The molecule has 0 aromatic carbocycles. The standard InChI is InChI=1S/C14H27N/c1-6-7-8-9-10-11-12-15(13(2)3)14(4)5/h13-14H,6-9,12H2,1-5H3. The van der Waals surface area contributed by atoms with Crippen molar-refractivity contribution < 1.29 is 0 Å². The van der Waals surface area contributed by atoms with Crippen LogP contribution in [0.1, 0.15) is 60.3 Å². The van der Waals surface area contributed by atoms with Gasteiger partial charge in [-0.25, -0.2) is 0 Å². The molecule has 88 valence electrons. The fourth-order valence-electron chi connectivity index (χ4n) is 1.66. The molecule has 1 heteroatoms. The van der Waals surface area contributed by atoms with E-state index in [1.807, 2.05) is 0 Å². The highest BCUT2D eigenvalue weighted by Gasteiger charge is 2.10. The van der Waals surface area contributed by atoms with E-state index in [9.17, 15) is 0 Å². The summed E-state index contributed by atoms with van der Waals surface area (Å²) in [5, 5.41) is 0. The molecule has 0 aliphatic heterocycles. The summed E-state index contributed by atoms with van der Waals surface area (Å²) < 4.78 is 0. The van der Waals surface area contributed by atoms with E-state index in [2.05, 4.69) is 51.4 Å². The molecule has 15 heavy (non-hydrogen) atoms. The van der Waals surface area contributed by atoms with Gasteiger partial charge in [-0.05, 0) is 34.1 Å². The summed E-state index contributed by atoms with van der Waals surface area (Å²) >= 11 is 0. The van der Waals surface area contributed by atoms with Crippen molar-refractivity contribution in [1.82, 2.24) is 4.90 Å². The Labute approximate surface area is 96.2 Å². The van der Waals surface area contributed by atoms with E-state index in [-0.39, 0.29) is 0 Å². The third kappa shape index (κ3) is 7.45. The van der Waals surface area contributed by atoms with E-state index < -0.39 is 0 Å². The molecule has 0 aromatic rings. The second-order valence-corrected chi connectivity index (χ2v) is 4.67. The highest BCUT2D eigenvalue weighted by atomic mass is 15.2. The second kappa shape index (κ2) is 8.80. The number of nitrogens with zero attached hydrogens (tertiary/aromatic N) is 1. The van der Waals surface area contributed by atoms with Crippen LogP contribution in [0.2, 0.25) is 0 Å². The van der Waals surface area contributed by atoms with Gasteiger partial charge in [-0.2, -0.15) is 0 Å². The Morgan fingerprint density at radius 1 is 0.933 bits per heavy atom. The maximum atomic E-state index is 3.28. The van der Waals surface area contributed by atoms with Crippen molar-refractivity contribution in [1.29, 1.82) is 0 Å². The van der Waals surface area contributed by atoms with Gasteiger partial charge in [0.25, 0.3) is 0 Å². The average Bonchev–Trinajstić information content (AvgIpc) is 2.15. The molecule has 0 radical (unpaired) electrons. The van der Waals surface area contributed by atoms with Crippen LogP contribution in [0.3, 0.4) is 0 Å². The maximum absolute atomic E-state index is 3.28. The molecule has 0 aliphatic carbocycles. The Kier molecular flexibility index (Phi) is 8.52. The first kappa shape index (κ1) is 14.5. The largest absolute Gasteiger partial charge is 0.287 e. The van der Waals surface area contributed by atoms with Gasteiger partial charge in [-0.15, -0.1) is 5.92 Å². The summed E-state index contributed by atoms with van der Waals surface area (Å²) in [5.41, 5.74) is 0. The molecule has 0 bridgehead atoms. The molecule has 0 saturated carbocycles. The van der Waals surface area contributed by atoms with E-state index in [1.54, 1.807) is 0 Å². The smallest absolute Gasteiger partial charge is 0.0606 e. The molecule has 0 amide bonds. The van der Waals surface area contributed by atoms with Crippen LogP contribution < -0.4 is 0 Å². The van der Waals surface area contributed by atoms with E-state index >= 15 is 0 Å². The number of rotatable bonds is 6. The molecule has 0 saturated heterocycles. The number of hydrogen-bond acceptors (Lipinski definition) is 1. The van der Waals surface area contributed by atoms with Gasteiger partial charge in [-0.3, -0.25) is 4.90 Å². The highest BCUT2D eigenvalue weighted by molar-refractivity contribution is 5.01.